The number of nitrogens with one attached hydrogen (secondary N) is 1. The Bertz CT molecular complexity index is 461. The summed E-state index contributed by atoms with van der Waals surface area (Å²) in [6.45, 7) is 0. The van der Waals surface area contributed by atoms with Crippen molar-refractivity contribution in [3.8, 4) is 0 Å². The van der Waals surface area contributed by atoms with Crippen LogP contribution in [0.2, 0.25) is 0 Å². The first kappa shape index (κ1) is 16.3. The molecule has 0 aliphatic heterocycles. The van der Waals surface area contributed by atoms with Gasteiger partial charge >= 0.3 is 12.1 Å². The Kier molecular flexibility index (Phi) is 5.27. The summed E-state index contributed by atoms with van der Waals surface area (Å²) in [7, 11) is 0. The number of hydrogen-bond acceptors (Lipinski definition) is 3. The van der Waals surface area contributed by atoms with E-state index >= 15 is 0 Å². The van der Waals surface area contributed by atoms with E-state index in [9.17, 15) is 18.0 Å². The Morgan fingerprint density at radius 2 is 2.14 bits per heavy atom. The molecule has 0 saturated heterocycles. The number of carbonyl (C=O) groups is 1. The molecular weight excluding hydrogens is 303 g/mol. The van der Waals surface area contributed by atoms with Crippen molar-refractivity contribution < 1.29 is 23.1 Å². The molecule has 0 radical (unpaired) electrons. The number of carboxylic acid groups (broad SMARTS) is 1. The summed E-state index contributed by atoms with van der Waals surface area (Å²) in [5, 5.41) is 13.7. The van der Waals surface area contributed by atoms with Crippen LogP contribution in [0, 0.1) is 5.92 Å². The first-order valence-corrected chi connectivity index (χ1v) is 7.84. The van der Waals surface area contributed by atoms with Crippen LogP contribution in [-0.4, -0.2) is 23.3 Å². The van der Waals surface area contributed by atoms with Crippen molar-refractivity contribution in [2.75, 3.05) is 0 Å². The van der Waals surface area contributed by atoms with E-state index in [1.165, 1.54) is 11.3 Å². The quantitative estimate of drug-likeness (QED) is 0.862. The zero-order valence-electron chi connectivity index (χ0n) is 11.4. The van der Waals surface area contributed by atoms with Crippen molar-refractivity contribution >= 4 is 17.3 Å². The lowest BCUT2D eigenvalue weighted by Gasteiger charge is -2.35. The number of halogens is 3. The summed E-state index contributed by atoms with van der Waals surface area (Å²) in [4.78, 5) is 11.7. The standard InChI is InChI=1S/C14H18F3NO2S/c15-14(16,17)9-4-1-2-5-10(9)18-11(8-13(19)20)12-6-3-7-21-12/h3,6-7,9-11,18H,1-2,4-5,8H2,(H,19,20). The Labute approximate surface area is 125 Å². The Morgan fingerprint density at radius 1 is 1.43 bits per heavy atom. The van der Waals surface area contributed by atoms with Crippen LogP contribution in [0.4, 0.5) is 13.2 Å². The van der Waals surface area contributed by atoms with Gasteiger partial charge in [0.25, 0.3) is 0 Å². The minimum absolute atomic E-state index is 0.116. The second kappa shape index (κ2) is 6.79. The van der Waals surface area contributed by atoms with Crippen LogP contribution < -0.4 is 5.32 Å². The average Bonchev–Trinajstić information content (AvgIpc) is 2.90. The number of aliphatic carboxylic acids is 1. The highest BCUT2D eigenvalue weighted by molar-refractivity contribution is 7.10. The SMILES string of the molecule is O=C(O)CC(NC1CCCCC1C(F)(F)F)c1cccs1. The van der Waals surface area contributed by atoms with Gasteiger partial charge in [-0.05, 0) is 24.3 Å². The predicted molar refractivity (Wildman–Crippen MR) is 74.2 cm³/mol. The molecule has 21 heavy (non-hydrogen) atoms. The van der Waals surface area contributed by atoms with Crippen molar-refractivity contribution in [1.29, 1.82) is 0 Å². The monoisotopic (exact) mass is 321 g/mol. The van der Waals surface area contributed by atoms with E-state index in [2.05, 4.69) is 5.32 Å². The van der Waals surface area contributed by atoms with Crippen LogP contribution >= 0.6 is 11.3 Å². The predicted octanol–water partition coefficient (Wildman–Crippen LogP) is 3.97. The molecular formula is C14H18F3NO2S. The molecule has 2 N–H and O–H groups in total. The molecule has 1 fully saturated rings. The lowest BCUT2D eigenvalue weighted by Crippen LogP contribution is -2.46. The smallest absolute Gasteiger partial charge is 0.393 e. The van der Waals surface area contributed by atoms with Crippen molar-refractivity contribution in [3.63, 3.8) is 0 Å². The summed E-state index contributed by atoms with van der Waals surface area (Å²) < 4.78 is 39.3. The Hall–Kier alpha value is -1.08. The Morgan fingerprint density at radius 3 is 2.71 bits per heavy atom. The molecule has 3 unspecified atom stereocenters. The van der Waals surface area contributed by atoms with Gasteiger partial charge in [0.05, 0.1) is 18.4 Å². The first-order chi connectivity index (χ1) is 9.88. The topological polar surface area (TPSA) is 49.3 Å². The molecule has 0 amide bonds. The zero-order valence-corrected chi connectivity index (χ0v) is 12.2. The van der Waals surface area contributed by atoms with E-state index in [0.717, 1.165) is 11.3 Å². The fourth-order valence-electron chi connectivity index (χ4n) is 2.89. The molecule has 118 valence electrons. The van der Waals surface area contributed by atoms with Crippen LogP contribution in [0.15, 0.2) is 17.5 Å². The number of carboxylic acids is 1. The third-order valence-corrected chi connectivity index (χ3v) is 4.85. The zero-order chi connectivity index (χ0) is 15.5. The van der Waals surface area contributed by atoms with E-state index in [-0.39, 0.29) is 12.8 Å². The van der Waals surface area contributed by atoms with Crippen LogP contribution in [0.5, 0.6) is 0 Å². The Balaban J connectivity index is 2.12. The third kappa shape index (κ3) is 4.44. The van der Waals surface area contributed by atoms with Gasteiger partial charge in [-0.25, -0.2) is 0 Å². The summed E-state index contributed by atoms with van der Waals surface area (Å²) in [5.74, 6) is -2.40. The molecule has 1 heterocycles. The molecule has 7 heteroatoms. The van der Waals surface area contributed by atoms with Gasteiger partial charge in [0.1, 0.15) is 0 Å². The second-order valence-corrected chi connectivity index (χ2v) is 6.35. The van der Waals surface area contributed by atoms with Crippen molar-refractivity contribution in [2.24, 2.45) is 5.92 Å². The van der Waals surface area contributed by atoms with E-state index in [4.69, 9.17) is 5.11 Å². The van der Waals surface area contributed by atoms with Crippen LogP contribution in [0.1, 0.15) is 43.0 Å². The fraction of sp³-hybridized carbons (Fsp3) is 0.643. The normalized spacial score (nSPS) is 24.7. The largest absolute Gasteiger partial charge is 0.481 e. The highest BCUT2D eigenvalue weighted by Crippen LogP contribution is 2.39. The van der Waals surface area contributed by atoms with E-state index < -0.39 is 30.1 Å². The second-order valence-electron chi connectivity index (χ2n) is 5.37. The molecule has 0 bridgehead atoms. The number of hydrogen-bond donors (Lipinski definition) is 2. The van der Waals surface area contributed by atoms with E-state index in [0.29, 0.717) is 12.8 Å². The molecule has 0 aromatic carbocycles. The summed E-state index contributed by atoms with van der Waals surface area (Å²) in [6, 6.07) is 2.27. The molecule has 1 saturated carbocycles. The van der Waals surface area contributed by atoms with Gasteiger partial charge in [-0.3, -0.25) is 4.79 Å². The van der Waals surface area contributed by atoms with Crippen LogP contribution in [0.25, 0.3) is 0 Å². The van der Waals surface area contributed by atoms with Crippen LogP contribution in [0.3, 0.4) is 0 Å². The minimum Gasteiger partial charge on any atom is -0.481 e. The maximum absolute atomic E-state index is 13.1. The van der Waals surface area contributed by atoms with Gasteiger partial charge in [-0.15, -0.1) is 11.3 Å². The number of alkyl halides is 3. The van der Waals surface area contributed by atoms with E-state index in [1.807, 2.05) is 0 Å². The minimum atomic E-state index is -4.23. The molecule has 3 nitrogen and oxygen atoms in total. The molecule has 1 aromatic heterocycles. The lowest BCUT2D eigenvalue weighted by atomic mass is 9.83. The lowest BCUT2D eigenvalue weighted by molar-refractivity contribution is -0.189. The molecule has 2 rings (SSSR count). The van der Waals surface area contributed by atoms with Gasteiger partial charge < -0.3 is 10.4 Å². The fourth-order valence-corrected chi connectivity index (χ4v) is 3.67. The summed E-state index contributed by atoms with van der Waals surface area (Å²) in [6.07, 6.45) is -2.57. The summed E-state index contributed by atoms with van der Waals surface area (Å²) >= 11 is 1.36. The summed E-state index contributed by atoms with van der Waals surface area (Å²) in [5.41, 5.74) is 0. The van der Waals surface area contributed by atoms with Gasteiger partial charge in [-0.1, -0.05) is 18.9 Å². The molecule has 1 aromatic rings. The first-order valence-electron chi connectivity index (χ1n) is 6.96. The van der Waals surface area contributed by atoms with Gasteiger partial charge in [0, 0.05) is 10.9 Å². The highest BCUT2D eigenvalue weighted by Gasteiger charge is 2.46. The maximum Gasteiger partial charge on any atom is 0.393 e. The molecule has 3 atom stereocenters. The third-order valence-electron chi connectivity index (χ3n) is 3.87. The van der Waals surface area contributed by atoms with Gasteiger partial charge in [-0.2, -0.15) is 13.2 Å². The highest BCUT2D eigenvalue weighted by atomic mass is 32.1. The number of rotatable bonds is 5. The number of thiophene rings is 1. The van der Waals surface area contributed by atoms with Crippen molar-refractivity contribution in [2.45, 2.75) is 50.4 Å². The molecule has 1 aliphatic rings. The van der Waals surface area contributed by atoms with Crippen molar-refractivity contribution in [3.05, 3.63) is 22.4 Å². The van der Waals surface area contributed by atoms with Crippen LogP contribution in [-0.2, 0) is 4.79 Å². The molecule has 0 spiro atoms. The molecule has 1 aliphatic carbocycles. The van der Waals surface area contributed by atoms with Gasteiger partial charge in [0.2, 0.25) is 0 Å². The van der Waals surface area contributed by atoms with E-state index in [1.54, 1.807) is 17.5 Å². The maximum atomic E-state index is 13.1. The average molecular weight is 321 g/mol. The van der Waals surface area contributed by atoms with Gasteiger partial charge in [0.15, 0.2) is 0 Å². The van der Waals surface area contributed by atoms with Crippen molar-refractivity contribution in [1.82, 2.24) is 5.32 Å².